The first-order valence-electron chi connectivity index (χ1n) is 8.36. The predicted molar refractivity (Wildman–Crippen MR) is 98.2 cm³/mol. The molecular weight excluding hydrogens is 364 g/mol. The van der Waals surface area contributed by atoms with Gasteiger partial charge in [0.05, 0.1) is 17.6 Å². The Labute approximate surface area is 150 Å². The van der Waals surface area contributed by atoms with E-state index in [0.717, 1.165) is 16.5 Å². The van der Waals surface area contributed by atoms with Crippen molar-refractivity contribution in [2.75, 3.05) is 0 Å². The predicted octanol–water partition coefficient (Wildman–Crippen LogP) is 5.15. The number of carbonyl (C=O) groups excluding carboxylic acids is 1. The zero-order chi connectivity index (χ0) is 16.7. The van der Waals surface area contributed by atoms with Crippen LogP contribution in [-0.4, -0.2) is 17.5 Å². The lowest BCUT2D eigenvalue weighted by Gasteiger charge is -2.33. The molecule has 0 unspecified atom stereocenters. The van der Waals surface area contributed by atoms with Crippen LogP contribution in [-0.2, 0) is 4.74 Å². The number of carbonyl (C=O) groups is 1. The van der Waals surface area contributed by atoms with E-state index in [9.17, 15) is 4.79 Å². The van der Waals surface area contributed by atoms with Gasteiger partial charge >= 0.3 is 0 Å². The minimum atomic E-state index is -0.359. The topological polar surface area (TPSA) is 26.3 Å². The van der Waals surface area contributed by atoms with Crippen LogP contribution in [0.15, 0.2) is 71.2 Å². The van der Waals surface area contributed by atoms with E-state index in [0.29, 0.717) is 0 Å². The van der Waals surface area contributed by atoms with Gasteiger partial charge in [-0.15, -0.1) is 0 Å². The molecule has 2 nitrogen and oxygen atoms in total. The van der Waals surface area contributed by atoms with Crippen molar-refractivity contribution < 1.29 is 9.53 Å². The number of ether oxygens (including phenoxy) is 1. The van der Waals surface area contributed by atoms with E-state index in [2.05, 4.69) is 47.1 Å². The molecule has 0 N–H and O–H groups in total. The van der Waals surface area contributed by atoms with Crippen LogP contribution in [0.25, 0.3) is 0 Å². The highest BCUT2D eigenvalue weighted by Gasteiger charge is 2.58. The van der Waals surface area contributed by atoms with Gasteiger partial charge in [-0.1, -0.05) is 77.5 Å². The van der Waals surface area contributed by atoms with Gasteiger partial charge in [0.25, 0.3) is 0 Å². The van der Waals surface area contributed by atoms with Crippen LogP contribution in [0.5, 0.6) is 0 Å². The van der Waals surface area contributed by atoms with Crippen molar-refractivity contribution in [1.29, 1.82) is 0 Å². The van der Waals surface area contributed by atoms with Gasteiger partial charge in [0, 0.05) is 16.0 Å². The van der Waals surface area contributed by atoms with Crippen molar-refractivity contribution in [3.63, 3.8) is 0 Å². The van der Waals surface area contributed by atoms with E-state index in [1.807, 2.05) is 42.5 Å². The monoisotopic (exact) mass is 382 g/mol. The van der Waals surface area contributed by atoms with E-state index in [-0.39, 0.29) is 29.3 Å². The summed E-state index contributed by atoms with van der Waals surface area (Å²) in [5.41, 5.74) is 1.57. The molecule has 3 heteroatoms. The van der Waals surface area contributed by atoms with Gasteiger partial charge in [0.1, 0.15) is 0 Å². The Morgan fingerprint density at radius 3 is 2.50 bits per heavy atom. The van der Waals surface area contributed by atoms with Crippen LogP contribution in [0.1, 0.15) is 35.2 Å². The Morgan fingerprint density at radius 2 is 1.83 bits per heavy atom. The van der Waals surface area contributed by atoms with E-state index >= 15 is 0 Å². The highest BCUT2D eigenvalue weighted by molar-refractivity contribution is 9.10. The van der Waals surface area contributed by atoms with Crippen molar-refractivity contribution in [3.8, 4) is 0 Å². The maximum atomic E-state index is 13.3. The van der Waals surface area contributed by atoms with E-state index in [1.165, 1.54) is 5.56 Å². The zero-order valence-electron chi connectivity index (χ0n) is 13.5. The van der Waals surface area contributed by atoms with Crippen LogP contribution in [0, 0.1) is 5.92 Å². The van der Waals surface area contributed by atoms with Crippen molar-refractivity contribution in [2.24, 2.45) is 5.92 Å². The summed E-state index contributed by atoms with van der Waals surface area (Å²) in [4.78, 5) is 13.3. The Kier molecular flexibility index (Phi) is 3.93. The fraction of sp³-hybridized carbons (Fsp3) is 0.286. The number of Topliss-reactive ketones (excluding diaryl/α,β-unsaturated/α-hetero) is 1. The minimum Gasteiger partial charge on any atom is -0.362 e. The number of ketones is 1. The third kappa shape index (κ3) is 2.38. The molecule has 2 aliphatic heterocycles. The molecule has 0 saturated carbocycles. The molecule has 2 bridgehead atoms. The molecular formula is C21H19BrO2. The van der Waals surface area contributed by atoms with Crippen LogP contribution in [0.3, 0.4) is 0 Å². The summed E-state index contributed by atoms with van der Waals surface area (Å²) < 4.78 is 7.29. The molecule has 2 aromatic carbocycles. The summed E-state index contributed by atoms with van der Waals surface area (Å²) in [7, 11) is 0. The quantitative estimate of drug-likeness (QED) is 0.539. The van der Waals surface area contributed by atoms with Crippen molar-refractivity contribution >= 4 is 21.7 Å². The lowest BCUT2D eigenvalue weighted by molar-refractivity contribution is 0.0200. The SMILES string of the molecule is CC[C@@]12C=C[C@@H](O1)[C@@H](C(=O)c1ccc(Br)cc1)[C@@H]2c1ccccc1. The molecule has 24 heavy (non-hydrogen) atoms. The Morgan fingerprint density at radius 1 is 1.12 bits per heavy atom. The second-order valence-corrected chi connectivity index (χ2v) is 7.45. The third-order valence-electron chi connectivity index (χ3n) is 5.31. The lowest BCUT2D eigenvalue weighted by atomic mass is 9.68. The van der Waals surface area contributed by atoms with E-state index < -0.39 is 0 Å². The normalized spacial score (nSPS) is 30.7. The standard InChI is InChI=1S/C21H19BrO2/c1-2-21-13-12-17(24-21)18(19(21)14-6-4-3-5-7-14)20(23)15-8-10-16(22)11-9-15/h3-13,17-19H,2H2,1H3/t17-,18-,19+,21+/m1/s1. The summed E-state index contributed by atoms with van der Waals surface area (Å²) in [6.45, 7) is 2.13. The van der Waals surface area contributed by atoms with E-state index in [4.69, 9.17) is 4.74 Å². The average molecular weight is 383 g/mol. The van der Waals surface area contributed by atoms with Gasteiger partial charge in [-0.25, -0.2) is 0 Å². The smallest absolute Gasteiger partial charge is 0.169 e. The Bertz CT molecular complexity index is 781. The molecule has 1 saturated heterocycles. The Balaban J connectivity index is 1.77. The largest absolute Gasteiger partial charge is 0.362 e. The van der Waals surface area contributed by atoms with Gasteiger partial charge in [-0.05, 0) is 24.1 Å². The minimum absolute atomic E-state index is 0.0647. The number of halogens is 1. The summed E-state index contributed by atoms with van der Waals surface area (Å²) in [5, 5.41) is 0. The summed E-state index contributed by atoms with van der Waals surface area (Å²) in [5.74, 6) is 0.0643. The van der Waals surface area contributed by atoms with Gasteiger partial charge < -0.3 is 4.74 Å². The molecule has 122 valence electrons. The molecule has 4 atom stereocenters. The van der Waals surface area contributed by atoms with Crippen LogP contribution >= 0.6 is 15.9 Å². The number of benzene rings is 2. The maximum Gasteiger partial charge on any atom is 0.169 e. The number of hydrogen-bond acceptors (Lipinski definition) is 2. The summed E-state index contributed by atoms with van der Waals surface area (Å²) in [6.07, 6.45) is 4.97. The zero-order valence-corrected chi connectivity index (χ0v) is 15.1. The van der Waals surface area contributed by atoms with Crippen LogP contribution in [0.2, 0.25) is 0 Å². The first kappa shape index (κ1) is 15.8. The third-order valence-corrected chi connectivity index (χ3v) is 5.83. The second-order valence-electron chi connectivity index (χ2n) is 6.54. The first-order valence-corrected chi connectivity index (χ1v) is 9.16. The van der Waals surface area contributed by atoms with Gasteiger partial charge in [0.15, 0.2) is 5.78 Å². The molecule has 4 rings (SSSR count). The molecule has 0 radical (unpaired) electrons. The highest BCUT2D eigenvalue weighted by atomic mass is 79.9. The maximum absolute atomic E-state index is 13.3. The van der Waals surface area contributed by atoms with Crippen molar-refractivity contribution in [1.82, 2.24) is 0 Å². The number of hydrogen-bond donors (Lipinski definition) is 0. The van der Waals surface area contributed by atoms with Crippen LogP contribution in [0.4, 0.5) is 0 Å². The van der Waals surface area contributed by atoms with Crippen LogP contribution < -0.4 is 0 Å². The molecule has 2 heterocycles. The van der Waals surface area contributed by atoms with Gasteiger partial charge in [0.2, 0.25) is 0 Å². The van der Waals surface area contributed by atoms with E-state index in [1.54, 1.807) is 0 Å². The molecule has 0 aliphatic carbocycles. The summed E-state index contributed by atoms with van der Waals surface area (Å²) >= 11 is 3.43. The molecule has 2 aromatic rings. The molecule has 2 aliphatic rings. The van der Waals surface area contributed by atoms with Gasteiger partial charge in [-0.2, -0.15) is 0 Å². The van der Waals surface area contributed by atoms with Crippen molar-refractivity contribution in [3.05, 3.63) is 82.3 Å². The van der Waals surface area contributed by atoms with Gasteiger partial charge in [-0.3, -0.25) is 4.79 Å². The number of rotatable bonds is 4. The molecule has 0 amide bonds. The second kappa shape index (κ2) is 5.98. The fourth-order valence-electron chi connectivity index (χ4n) is 4.13. The number of fused-ring (bicyclic) bond motifs is 2. The molecule has 1 fully saturated rings. The first-order chi connectivity index (χ1) is 11.6. The molecule has 0 aromatic heterocycles. The summed E-state index contributed by atoms with van der Waals surface area (Å²) in [6, 6.07) is 17.9. The Hall–Kier alpha value is -1.71. The molecule has 0 spiro atoms. The average Bonchev–Trinajstić information content (AvgIpc) is 3.19. The fourth-order valence-corrected chi connectivity index (χ4v) is 4.40. The van der Waals surface area contributed by atoms with Crippen molar-refractivity contribution in [2.45, 2.75) is 31.0 Å². The highest BCUT2D eigenvalue weighted by Crippen LogP contribution is 2.54. The lowest BCUT2D eigenvalue weighted by Crippen LogP contribution is -2.36.